The van der Waals surface area contributed by atoms with Crippen molar-refractivity contribution in [3.63, 3.8) is 0 Å². The van der Waals surface area contributed by atoms with E-state index in [1.165, 1.54) is 23.1 Å². The number of nitrogens with one attached hydrogen (secondary N) is 1. The molecule has 0 aliphatic rings. The second-order valence-electron chi connectivity index (χ2n) is 4.15. The van der Waals surface area contributed by atoms with Crippen molar-refractivity contribution < 1.29 is 14.6 Å². The molecule has 1 aromatic carbocycles. The number of aromatic nitrogens is 4. The monoisotopic (exact) mass is 287 g/mol. The molecule has 2 aromatic heterocycles. The van der Waals surface area contributed by atoms with Crippen molar-refractivity contribution >= 4 is 22.7 Å². The van der Waals surface area contributed by atoms with Crippen molar-refractivity contribution in [1.82, 2.24) is 19.7 Å². The second-order valence-corrected chi connectivity index (χ2v) is 4.15. The van der Waals surface area contributed by atoms with Crippen LogP contribution >= 0.6 is 0 Å². The van der Waals surface area contributed by atoms with Gasteiger partial charge in [-0.1, -0.05) is 0 Å². The molecule has 3 rings (SSSR count). The Kier molecular flexibility index (Phi) is 2.79. The van der Waals surface area contributed by atoms with E-state index in [4.69, 9.17) is 10.8 Å². The molecule has 0 aliphatic carbocycles. The molecule has 9 heteroatoms. The van der Waals surface area contributed by atoms with Gasteiger partial charge in [0.05, 0.1) is 23.3 Å². The largest absolute Gasteiger partial charge is 0.511 e. The summed E-state index contributed by atoms with van der Waals surface area (Å²) in [7, 11) is 0. The lowest BCUT2D eigenvalue weighted by molar-refractivity contribution is 0.144. The van der Waals surface area contributed by atoms with Gasteiger partial charge in [0.25, 0.3) is 5.56 Å². The number of rotatable bonds is 2. The minimum Gasteiger partial charge on any atom is -0.449 e. The average molecular weight is 287 g/mol. The van der Waals surface area contributed by atoms with Gasteiger partial charge in [-0.05, 0) is 18.2 Å². The molecule has 0 spiro atoms. The van der Waals surface area contributed by atoms with Crippen LogP contribution in [0.3, 0.4) is 0 Å². The number of ether oxygens (including phenoxy) is 1. The zero-order chi connectivity index (χ0) is 15.0. The number of hydrogen-bond acceptors (Lipinski definition) is 6. The fourth-order valence-electron chi connectivity index (χ4n) is 1.83. The number of benzene rings is 1. The fraction of sp³-hybridized carbons (Fsp3) is 0. The molecular weight excluding hydrogens is 278 g/mol. The van der Waals surface area contributed by atoms with Crippen LogP contribution in [0, 0.1) is 0 Å². The number of hydrogen-bond donors (Lipinski definition) is 3. The van der Waals surface area contributed by atoms with E-state index in [0.29, 0.717) is 16.6 Å². The summed E-state index contributed by atoms with van der Waals surface area (Å²) in [6.45, 7) is 0. The van der Waals surface area contributed by atoms with Gasteiger partial charge in [-0.15, -0.1) is 0 Å². The molecule has 0 bridgehead atoms. The summed E-state index contributed by atoms with van der Waals surface area (Å²) in [6.07, 6.45) is 1.03. The molecule has 106 valence electrons. The van der Waals surface area contributed by atoms with E-state index in [0.717, 1.165) is 0 Å². The highest BCUT2D eigenvalue weighted by molar-refractivity contribution is 5.81. The van der Waals surface area contributed by atoms with Gasteiger partial charge in [-0.3, -0.25) is 9.78 Å². The number of nitrogens with two attached hydrogens (primary N) is 1. The molecule has 3 aromatic rings. The molecule has 0 amide bonds. The first kappa shape index (κ1) is 12.7. The van der Waals surface area contributed by atoms with Crippen LogP contribution in [0.2, 0.25) is 0 Å². The van der Waals surface area contributed by atoms with Crippen LogP contribution in [0.1, 0.15) is 0 Å². The molecule has 4 N–H and O–H groups in total. The van der Waals surface area contributed by atoms with Gasteiger partial charge in [0.15, 0.2) is 5.75 Å². The van der Waals surface area contributed by atoms with E-state index in [-0.39, 0.29) is 17.3 Å². The van der Waals surface area contributed by atoms with Gasteiger partial charge in [0, 0.05) is 5.69 Å². The molecule has 0 saturated heterocycles. The standard InChI is InChI=1S/C12H9N5O4/c13-6-1-2-9-8(3-6)10(18)16-11(15-9)17-5-7(4-14-17)21-12(19)20/h1-5H,13H2,(H,19,20)(H,15,16,18). The highest BCUT2D eigenvalue weighted by Crippen LogP contribution is 2.14. The Balaban J connectivity index is 2.08. The second kappa shape index (κ2) is 4.63. The highest BCUT2D eigenvalue weighted by Gasteiger charge is 2.09. The maximum Gasteiger partial charge on any atom is 0.511 e. The lowest BCUT2D eigenvalue weighted by Gasteiger charge is -2.03. The minimum atomic E-state index is -1.45. The Hall–Kier alpha value is -3.36. The van der Waals surface area contributed by atoms with Crippen LogP contribution in [-0.4, -0.2) is 31.0 Å². The van der Waals surface area contributed by atoms with Crippen molar-refractivity contribution in [2.75, 3.05) is 5.73 Å². The Morgan fingerprint density at radius 2 is 2.24 bits per heavy atom. The predicted molar refractivity (Wildman–Crippen MR) is 72.6 cm³/mol. The van der Waals surface area contributed by atoms with Crippen molar-refractivity contribution in [3.8, 4) is 11.7 Å². The van der Waals surface area contributed by atoms with Crippen molar-refractivity contribution in [1.29, 1.82) is 0 Å². The minimum absolute atomic E-state index is 0.0163. The molecule has 0 aliphatic heterocycles. The molecule has 0 unspecified atom stereocenters. The maximum atomic E-state index is 12.0. The summed E-state index contributed by atoms with van der Waals surface area (Å²) >= 11 is 0. The zero-order valence-electron chi connectivity index (χ0n) is 10.5. The van der Waals surface area contributed by atoms with Gasteiger partial charge >= 0.3 is 6.16 Å². The zero-order valence-corrected chi connectivity index (χ0v) is 10.5. The lowest BCUT2D eigenvalue weighted by atomic mass is 10.2. The number of fused-ring (bicyclic) bond motifs is 1. The number of nitrogen functional groups attached to an aromatic ring is 1. The molecule has 0 saturated carbocycles. The third-order valence-electron chi connectivity index (χ3n) is 2.70. The van der Waals surface area contributed by atoms with Crippen LogP contribution in [0.5, 0.6) is 5.75 Å². The molecular formula is C12H9N5O4. The Bertz CT molecular complexity index is 898. The molecule has 0 atom stereocenters. The van der Waals surface area contributed by atoms with Crippen LogP contribution in [0.15, 0.2) is 35.4 Å². The summed E-state index contributed by atoms with van der Waals surface area (Å²) in [5.74, 6) is 0.153. The van der Waals surface area contributed by atoms with E-state index in [1.807, 2.05) is 0 Å². The third kappa shape index (κ3) is 2.39. The van der Waals surface area contributed by atoms with Crippen molar-refractivity contribution in [3.05, 3.63) is 40.9 Å². The van der Waals surface area contributed by atoms with Gasteiger partial charge in [-0.2, -0.15) is 5.10 Å². The van der Waals surface area contributed by atoms with Gasteiger partial charge in [0.1, 0.15) is 0 Å². The van der Waals surface area contributed by atoms with Gasteiger partial charge in [0.2, 0.25) is 5.95 Å². The van der Waals surface area contributed by atoms with E-state index < -0.39 is 6.16 Å². The van der Waals surface area contributed by atoms with E-state index >= 15 is 0 Å². The highest BCUT2D eigenvalue weighted by atomic mass is 16.7. The molecule has 0 fully saturated rings. The Morgan fingerprint density at radius 3 is 3.00 bits per heavy atom. The normalized spacial score (nSPS) is 10.7. The van der Waals surface area contributed by atoms with Crippen LogP contribution < -0.4 is 16.0 Å². The van der Waals surface area contributed by atoms with Crippen LogP contribution in [0.4, 0.5) is 10.5 Å². The first-order valence-electron chi connectivity index (χ1n) is 5.78. The number of aromatic amines is 1. The first-order chi connectivity index (χ1) is 10.0. The summed E-state index contributed by atoms with van der Waals surface area (Å²) in [6, 6.07) is 4.76. The molecule has 2 heterocycles. The van der Waals surface area contributed by atoms with E-state index in [2.05, 4.69) is 19.8 Å². The van der Waals surface area contributed by atoms with Crippen LogP contribution in [0.25, 0.3) is 16.9 Å². The van der Waals surface area contributed by atoms with Crippen LogP contribution in [-0.2, 0) is 0 Å². The number of H-pyrrole nitrogens is 1. The smallest absolute Gasteiger partial charge is 0.449 e. The van der Waals surface area contributed by atoms with Crippen molar-refractivity contribution in [2.24, 2.45) is 0 Å². The quantitative estimate of drug-likeness (QED) is 0.467. The lowest BCUT2D eigenvalue weighted by Crippen LogP contribution is -2.14. The van der Waals surface area contributed by atoms with Gasteiger partial charge < -0.3 is 15.6 Å². The van der Waals surface area contributed by atoms with E-state index in [1.54, 1.807) is 12.1 Å². The average Bonchev–Trinajstić information content (AvgIpc) is 2.87. The van der Waals surface area contributed by atoms with Crippen molar-refractivity contribution in [2.45, 2.75) is 0 Å². The summed E-state index contributed by atoms with van der Waals surface area (Å²) in [5.41, 5.74) is 6.15. The summed E-state index contributed by atoms with van der Waals surface area (Å²) in [4.78, 5) is 29.2. The Morgan fingerprint density at radius 1 is 1.43 bits per heavy atom. The SMILES string of the molecule is Nc1ccc2nc(-n3cc(OC(=O)O)cn3)[nH]c(=O)c2c1. The predicted octanol–water partition coefficient (Wildman–Crippen LogP) is 0.748. The fourth-order valence-corrected chi connectivity index (χ4v) is 1.83. The summed E-state index contributed by atoms with van der Waals surface area (Å²) in [5, 5.41) is 12.7. The first-order valence-corrected chi connectivity index (χ1v) is 5.78. The topological polar surface area (TPSA) is 136 Å². The summed E-state index contributed by atoms with van der Waals surface area (Å²) < 4.78 is 5.65. The number of nitrogens with zero attached hydrogens (tertiary/aromatic N) is 3. The molecule has 21 heavy (non-hydrogen) atoms. The molecule has 0 radical (unpaired) electrons. The number of carboxylic acid groups (broad SMARTS) is 1. The Labute approximate surface area is 116 Å². The van der Waals surface area contributed by atoms with E-state index in [9.17, 15) is 9.59 Å². The maximum absolute atomic E-state index is 12.0. The number of carbonyl (C=O) groups is 1. The third-order valence-corrected chi connectivity index (χ3v) is 2.70. The molecule has 9 nitrogen and oxygen atoms in total. The number of anilines is 1. The van der Waals surface area contributed by atoms with Gasteiger partial charge in [-0.25, -0.2) is 14.5 Å².